The van der Waals surface area contributed by atoms with Gasteiger partial charge in [-0.2, -0.15) is 0 Å². The highest BCUT2D eigenvalue weighted by Gasteiger charge is 2.22. The molecule has 2 rings (SSSR count). The first-order chi connectivity index (χ1) is 6.75. The van der Waals surface area contributed by atoms with Crippen LogP contribution in [0.15, 0.2) is 30.8 Å². The molecule has 1 aromatic rings. The Morgan fingerprint density at radius 2 is 2.07 bits per heavy atom. The minimum absolute atomic E-state index is 0. The lowest BCUT2D eigenvalue weighted by Gasteiger charge is -2.05. The molecule has 1 heterocycles. The van der Waals surface area contributed by atoms with Gasteiger partial charge >= 0.3 is 0 Å². The lowest BCUT2D eigenvalue weighted by atomic mass is 10.1. The van der Waals surface area contributed by atoms with Gasteiger partial charge in [0.15, 0.2) is 0 Å². The van der Waals surface area contributed by atoms with E-state index in [9.17, 15) is 0 Å². The van der Waals surface area contributed by atoms with Crippen molar-refractivity contribution in [2.45, 2.75) is 20.5 Å². The number of hydrogen-bond acceptors (Lipinski definition) is 2. The highest BCUT2D eigenvalue weighted by molar-refractivity contribution is 5.61. The van der Waals surface area contributed by atoms with Crippen molar-refractivity contribution in [2.24, 2.45) is 0 Å². The van der Waals surface area contributed by atoms with E-state index in [2.05, 4.69) is 6.58 Å². The summed E-state index contributed by atoms with van der Waals surface area (Å²) in [4.78, 5) is 0. The van der Waals surface area contributed by atoms with E-state index >= 15 is 0 Å². The molecule has 1 aliphatic heterocycles. The average Bonchev–Trinajstić information content (AvgIpc) is 2.99. The third-order valence-electron chi connectivity index (χ3n) is 2.19. The quantitative estimate of drug-likeness (QED) is 0.706. The Morgan fingerprint density at radius 3 is 2.53 bits per heavy atom. The van der Waals surface area contributed by atoms with Crippen LogP contribution in [0.25, 0.3) is 5.57 Å². The van der Waals surface area contributed by atoms with Gasteiger partial charge in [0.25, 0.3) is 0 Å². The number of benzene rings is 1. The Balaban J connectivity index is 0.00000112. The Labute approximate surface area is 91.5 Å². The van der Waals surface area contributed by atoms with Crippen molar-refractivity contribution in [2.75, 3.05) is 13.2 Å². The van der Waals surface area contributed by atoms with E-state index < -0.39 is 0 Å². The van der Waals surface area contributed by atoms with Crippen LogP contribution in [0.4, 0.5) is 0 Å². The second kappa shape index (κ2) is 4.99. The van der Waals surface area contributed by atoms with Gasteiger partial charge in [-0.15, -0.1) is 0 Å². The van der Waals surface area contributed by atoms with E-state index in [1.165, 1.54) is 0 Å². The second-order valence-corrected chi connectivity index (χ2v) is 3.57. The summed E-state index contributed by atoms with van der Waals surface area (Å²) in [5.41, 5.74) is 2.22. The molecule has 1 saturated heterocycles. The van der Waals surface area contributed by atoms with E-state index in [0.29, 0.717) is 12.7 Å². The molecule has 1 unspecified atom stereocenters. The van der Waals surface area contributed by atoms with Crippen molar-refractivity contribution in [3.63, 3.8) is 0 Å². The van der Waals surface area contributed by atoms with Crippen LogP contribution in [-0.4, -0.2) is 19.3 Å². The minimum Gasteiger partial charge on any atom is -0.491 e. The Hall–Kier alpha value is -1.28. The largest absolute Gasteiger partial charge is 0.491 e. The SMILES string of the molecule is C.C=C(C)c1ccc(OCC2CO2)cc1. The summed E-state index contributed by atoms with van der Waals surface area (Å²) in [6.07, 6.45) is 0.316. The van der Waals surface area contributed by atoms with Gasteiger partial charge in [0.2, 0.25) is 0 Å². The molecule has 0 N–H and O–H groups in total. The Kier molecular flexibility index (Phi) is 3.92. The predicted molar refractivity (Wildman–Crippen MR) is 63.1 cm³/mol. The molecule has 2 nitrogen and oxygen atoms in total. The molecule has 0 amide bonds. The summed E-state index contributed by atoms with van der Waals surface area (Å²) in [6, 6.07) is 7.97. The third-order valence-corrected chi connectivity index (χ3v) is 2.19. The maximum Gasteiger partial charge on any atom is 0.119 e. The minimum atomic E-state index is 0. The lowest BCUT2D eigenvalue weighted by Crippen LogP contribution is -2.03. The third kappa shape index (κ3) is 3.40. The number of ether oxygens (including phenoxy) is 2. The summed E-state index contributed by atoms with van der Waals surface area (Å²) in [5.74, 6) is 0.894. The van der Waals surface area contributed by atoms with Gasteiger partial charge in [0, 0.05) is 0 Å². The molecule has 15 heavy (non-hydrogen) atoms. The fraction of sp³-hybridized carbons (Fsp3) is 0.385. The van der Waals surface area contributed by atoms with Gasteiger partial charge in [-0.1, -0.05) is 31.7 Å². The van der Waals surface area contributed by atoms with Crippen LogP contribution in [0.5, 0.6) is 5.75 Å². The van der Waals surface area contributed by atoms with E-state index in [1.54, 1.807) is 0 Å². The summed E-state index contributed by atoms with van der Waals surface area (Å²) in [5, 5.41) is 0. The van der Waals surface area contributed by atoms with Gasteiger partial charge in [-0.05, 0) is 24.6 Å². The molecule has 0 saturated carbocycles. The Bertz CT molecular complexity index is 323. The van der Waals surface area contributed by atoms with Crippen LogP contribution in [0.3, 0.4) is 0 Å². The number of allylic oxidation sites excluding steroid dienone is 1. The first kappa shape index (κ1) is 11.8. The van der Waals surface area contributed by atoms with E-state index in [-0.39, 0.29) is 7.43 Å². The summed E-state index contributed by atoms with van der Waals surface area (Å²) in [7, 11) is 0. The topological polar surface area (TPSA) is 21.8 Å². The molecular weight excluding hydrogens is 188 g/mol. The highest BCUT2D eigenvalue weighted by atomic mass is 16.6. The second-order valence-electron chi connectivity index (χ2n) is 3.57. The fourth-order valence-electron chi connectivity index (χ4n) is 1.19. The number of epoxide rings is 1. The van der Waals surface area contributed by atoms with E-state index in [1.807, 2.05) is 31.2 Å². The molecule has 1 fully saturated rings. The van der Waals surface area contributed by atoms with E-state index in [0.717, 1.165) is 23.5 Å². The Morgan fingerprint density at radius 1 is 1.47 bits per heavy atom. The van der Waals surface area contributed by atoms with Gasteiger partial charge in [0.1, 0.15) is 18.5 Å². The standard InChI is InChI=1S/C12H14O2.CH4/c1-9(2)10-3-5-11(6-4-10)13-7-12-8-14-12;/h3-6,12H,1,7-8H2,2H3;1H4. The van der Waals surface area contributed by atoms with Crippen LogP contribution < -0.4 is 4.74 Å². The van der Waals surface area contributed by atoms with Crippen LogP contribution in [0.1, 0.15) is 19.9 Å². The van der Waals surface area contributed by atoms with Crippen LogP contribution in [-0.2, 0) is 4.74 Å². The van der Waals surface area contributed by atoms with Gasteiger partial charge in [-0.3, -0.25) is 0 Å². The van der Waals surface area contributed by atoms with Crippen molar-refractivity contribution < 1.29 is 9.47 Å². The maximum atomic E-state index is 5.51. The smallest absolute Gasteiger partial charge is 0.119 e. The molecule has 0 radical (unpaired) electrons. The van der Waals surface area contributed by atoms with Crippen molar-refractivity contribution in [1.29, 1.82) is 0 Å². The molecule has 0 aromatic heterocycles. The first-order valence-electron chi connectivity index (χ1n) is 4.76. The molecule has 2 heteroatoms. The highest BCUT2D eigenvalue weighted by Crippen LogP contribution is 2.18. The van der Waals surface area contributed by atoms with Crippen LogP contribution >= 0.6 is 0 Å². The zero-order valence-corrected chi connectivity index (χ0v) is 8.32. The summed E-state index contributed by atoms with van der Waals surface area (Å²) in [6.45, 7) is 7.37. The fourth-order valence-corrected chi connectivity index (χ4v) is 1.19. The molecule has 1 atom stereocenters. The first-order valence-corrected chi connectivity index (χ1v) is 4.76. The van der Waals surface area contributed by atoms with Crippen molar-refractivity contribution >= 4 is 5.57 Å². The van der Waals surface area contributed by atoms with Gasteiger partial charge < -0.3 is 9.47 Å². The van der Waals surface area contributed by atoms with Crippen LogP contribution in [0.2, 0.25) is 0 Å². The van der Waals surface area contributed by atoms with Gasteiger partial charge in [0.05, 0.1) is 6.61 Å². The number of rotatable bonds is 4. The van der Waals surface area contributed by atoms with Crippen LogP contribution in [0, 0.1) is 0 Å². The monoisotopic (exact) mass is 206 g/mol. The molecular formula is C13H18O2. The van der Waals surface area contributed by atoms with Crippen molar-refractivity contribution in [3.8, 4) is 5.75 Å². The van der Waals surface area contributed by atoms with Crippen molar-refractivity contribution in [1.82, 2.24) is 0 Å². The van der Waals surface area contributed by atoms with Crippen molar-refractivity contribution in [3.05, 3.63) is 36.4 Å². The molecule has 82 valence electrons. The summed E-state index contributed by atoms with van der Waals surface area (Å²) >= 11 is 0. The number of hydrogen-bond donors (Lipinski definition) is 0. The zero-order valence-electron chi connectivity index (χ0n) is 8.32. The maximum absolute atomic E-state index is 5.51. The normalized spacial score (nSPS) is 17.8. The lowest BCUT2D eigenvalue weighted by molar-refractivity contribution is 0.263. The molecule has 0 aliphatic carbocycles. The van der Waals surface area contributed by atoms with Gasteiger partial charge in [-0.25, -0.2) is 0 Å². The van der Waals surface area contributed by atoms with E-state index in [4.69, 9.17) is 9.47 Å². The predicted octanol–water partition coefficient (Wildman–Crippen LogP) is 3.13. The average molecular weight is 206 g/mol. The molecule has 1 aliphatic rings. The summed E-state index contributed by atoms with van der Waals surface area (Å²) < 4.78 is 10.6. The molecule has 1 aromatic carbocycles. The zero-order chi connectivity index (χ0) is 9.97. The molecule has 0 bridgehead atoms. The molecule has 0 spiro atoms.